The first-order valence-corrected chi connectivity index (χ1v) is 7.43. The lowest BCUT2D eigenvalue weighted by atomic mass is 10.1. The number of benzene rings is 1. The van der Waals surface area contributed by atoms with Gasteiger partial charge in [-0.25, -0.2) is 9.89 Å². The second kappa shape index (κ2) is 6.47. The number of nitrogens with one attached hydrogen (secondary N) is 2. The number of fused-ring (bicyclic) bond motifs is 1. The van der Waals surface area contributed by atoms with Crippen molar-refractivity contribution in [2.45, 2.75) is 19.8 Å². The molecule has 0 aliphatic rings. The molecule has 0 aliphatic carbocycles. The van der Waals surface area contributed by atoms with E-state index in [1.807, 2.05) is 25.3 Å². The Morgan fingerprint density at radius 1 is 1.35 bits per heavy atom. The normalized spacial score (nSPS) is 10.9. The van der Waals surface area contributed by atoms with Crippen molar-refractivity contribution >= 4 is 17.0 Å². The van der Waals surface area contributed by atoms with Crippen LogP contribution in [-0.2, 0) is 12.8 Å². The third-order valence-corrected chi connectivity index (χ3v) is 3.75. The Labute approximate surface area is 132 Å². The van der Waals surface area contributed by atoms with E-state index in [9.17, 15) is 4.79 Å². The monoisotopic (exact) mass is 314 g/mol. The molecule has 3 aromatic rings. The van der Waals surface area contributed by atoms with Crippen molar-refractivity contribution in [2.24, 2.45) is 0 Å². The van der Waals surface area contributed by atoms with Crippen molar-refractivity contribution < 1.29 is 9.53 Å². The van der Waals surface area contributed by atoms with Gasteiger partial charge in [-0.1, -0.05) is 0 Å². The Bertz CT molecular complexity index is 796. The second-order valence-electron chi connectivity index (χ2n) is 5.25. The molecule has 1 aromatic carbocycles. The number of aromatic amines is 2. The summed E-state index contributed by atoms with van der Waals surface area (Å²) in [5.74, 6) is 1.28. The fourth-order valence-corrected chi connectivity index (χ4v) is 2.28. The van der Waals surface area contributed by atoms with Gasteiger partial charge in [-0.15, -0.1) is 5.10 Å². The number of hydrogen-bond acceptors (Lipinski definition) is 5. The molecule has 2 aromatic heterocycles. The smallest absolute Gasteiger partial charge is 0.410 e. The van der Waals surface area contributed by atoms with E-state index in [-0.39, 0.29) is 6.09 Å². The van der Waals surface area contributed by atoms with E-state index in [1.54, 1.807) is 13.1 Å². The van der Waals surface area contributed by atoms with E-state index in [0.29, 0.717) is 12.3 Å². The number of aryl methyl sites for hydroxylation is 2. The molecule has 0 bridgehead atoms. The lowest BCUT2D eigenvalue weighted by Gasteiger charge is -2.14. The minimum Gasteiger partial charge on any atom is -0.410 e. The van der Waals surface area contributed by atoms with Crippen LogP contribution in [0.1, 0.15) is 18.3 Å². The third-order valence-electron chi connectivity index (χ3n) is 3.75. The molecule has 2 heterocycles. The van der Waals surface area contributed by atoms with Gasteiger partial charge in [0.15, 0.2) is 0 Å². The minimum atomic E-state index is -0.364. The number of nitrogens with zero attached hydrogens (tertiary/aromatic N) is 4. The van der Waals surface area contributed by atoms with Gasteiger partial charge in [-0.3, -0.25) is 0 Å². The second-order valence-corrected chi connectivity index (χ2v) is 5.25. The van der Waals surface area contributed by atoms with Gasteiger partial charge in [-0.2, -0.15) is 0 Å². The molecule has 1 amide bonds. The van der Waals surface area contributed by atoms with Crippen LogP contribution in [0.4, 0.5) is 4.79 Å². The molecule has 0 atom stereocenters. The van der Waals surface area contributed by atoms with Crippen LogP contribution in [0.15, 0.2) is 24.4 Å². The maximum Gasteiger partial charge on any atom is 0.414 e. The fraction of sp³-hybridized carbons (Fsp3) is 0.333. The summed E-state index contributed by atoms with van der Waals surface area (Å²) in [7, 11) is 1.70. The topological polar surface area (TPSA) is 99.8 Å². The summed E-state index contributed by atoms with van der Waals surface area (Å²) >= 11 is 0. The molecule has 0 spiro atoms. The highest BCUT2D eigenvalue weighted by molar-refractivity contribution is 5.85. The van der Waals surface area contributed by atoms with Crippen LogP contribution in [0.25, 0.3) is 10.9 Å². The number of H-pyrrole nitrogens is 2. The first kappa shape index (κ1) is 15.0. The van der Waals surface area contributed by atoms with Gasteiger partial charge < -0.3 is 14.6 Å². The maximum absolute atomic E-state index is 11.8. The molecule has 0 radical (unpaired) electrons. The standard InChI is InChI=1S/C15H18N6O2/c1-3-21(2)15(22)23-11-5-6-12-10(9-16-13(12)8-11)4-7-14-17-19-20-18-14/h5-6,8-9,16H,3-4,7H2,1-2H3,(H,17,18,19,20). The molecule has 8 nitrogen and oxygen atoms in total. The van der Waals surface area contributed by atoms with E-state index in [2.05, 4.69) is 25.6 Å². The van der Waals surface area contributed by atoms with Crippen molar-refractivity contribution in [3.8, 4) is 5.75 Å². The average molecular weight is 314 g/mol. The molecule has 0 unspecified atom stereocenters. The molecule has 3 rings (SSSR count). The average Bonchev–Trinajstić information content (AvgIpc) is 3.21. The summed E-state index contributed by atoms with van der Waals surface area (Å²) in [5, 5.41) is 14.9. The van der Waals surface area contributed by atoms with Crippen molar-refractivity contribution in [3.05, 3.63) is 35.8 Å². The summed E-state index contributed by atoms with van der Waals surface area (Å²) in [6.45, 7) is 2.50. The third kappa shape index (κ3) is 3.31. The van der Waals surface area contributed by atoms with Crippen molar-refractivity contribution in [2.75, 3.05) is 13.6 Å². The van der Waals surface area contributed by atoms with Crippen LogP contribution in [-0.4, -0.2) is 50.2 Å². The van der Waals surface area contributed by atoms with Gasteiger partial charge in [0.1, 0.15) is 11.6 Å². The number of tetrazole rings is 1. The van der Waals surface area contributed by atoms with Crippen LogP contribution in [0.2, 0.25) is 0 Å². The largest absolute Gasteiger partial charge is 0.414 e. The van der Waals surface area contributed by atoms with Crippen molar-refractivity contribution in [1.29, 1.82) is 0 Å². The Balaban J connectivity index is 1.73. The van der Waals surface area contributed by atoms with Crippen LogP contribution in [0.3, 0.4) is 0 Å². The van der Waals surface area contributed by atoms with Crippen LogP contribution >= 0.6 is 0 Å². The lowest BCUT2D eigenvalue weighted by Crippen LogP contribution is -2.29. The van der Waals surface area contributed by atoms with E-state index in [4.69, 9.17) is 4.74 Å². The van der Waals surface area contributed by atoms with Crippen LogP contribution < -0.4 is 4.74 Å². The Kier molecular flexibility index (Phi) is 4.22. The van der Waals surface area contributed by atoms with E-state index in [0.717, 1.165) is 29.6 Å². The number of carbonyl (C=O) groups is 1. The fourth-order valence-electron chi connectivity index (χ4n) is 2.28. The quantitative estimate of drug-likeness (QED) is 0.749. The van der Waals surface area contributed by atoms with E-state index in [1.165, 1.54) is 10.5 Å². The zero-order valence-electron chi connectivity index (χ0n) is 13.0. The van der Waals surface area contributed by atoms with Crippen LogP contribution in [0.5, 0.6) is 5.75 Å². The van der Waals surface area contributed by atoms with Gasteiger partial charge in [0.25, 0.3) is 0 Å². The minimum absolute atomic E-state index is 0.364. The van der Waals surface area contributed by atoms with Crippen LogP contribution in [0, 0.1) is 0 Å². The number of ether oxygens (including phenoxy) is 1. The van der Waals surface area contributed by atoms with Crippen molar-refractivity contribution in [3.63, 3.8) is 0 Å². The number of rotatable bonds is 5. The maximum atomic E-state index is 11.8. The number of amides is 1. The zero-order valence-corrected chi connectivity index (χ0v) is 13.0. The number of aromatic nitrogens is 5. The predicted octanol–water partition coefficient (Wildman–Crippen LogP) is 1.92. The highest BCUT2D eigenvalue weighted by atomic mass is 16.6. The Morgan fingerprint density at radius 3 is 2.96 bits per heavy atom. The van der Waals surface area contributed by atoms with Gasteiger partial charge in [0.2, 0.25) is 0 Å². The molecular weight excluding hydrogens is 296 g/mol. The number of carbonyl (C=O) groups excluding carboxylic acids is 1. The van der Waals surface area contributed by atoms with Gasteiger partial charge in [0.05, 0.1) is 0 Å². The lowest BCUT2D eigenvalue weighted by molar-refractivity contribution is 0.165. The molecule has 0 saturated heterocycles. The summed E-state index contributed by atoms with van der Waals surface area (Å²) in [6, 6.07) is 5.58. The molecule has 8 heteroatoms. The van der Waals surface area contributed by atoms with Gasteiger partial charge in [0, 0.05) is 43.2 Å². The highest BCUT2D eigenvalue weighted by Crippen LogP contribution is 2.24. The van der Waals surface area contributed by atoms with Gasteiger partial charge >= 0.3 is 6.09 Å². The molecule has 23 heavy (non-hydrogen) atoms. The first-order chi connectivity index (χ1) is 11.2. The molecule has 0 saturated carbocycles. The highest BCUT2D eigenvalue weighted by Gasteiger charge is 2.11. The summed E-state index contributed by atoms with van der Waals surface area (Å²) in [6.07, 6.45) is 3.14. The zero-order chi connectivity index (χ0) is 16.2. The molecular formula is C15H18N6O2. The summed E-state index contributed by atoms with van der Waals surface area (Å²) in [4.78, 5) is 16.5. The number of hydrogen-bond donors (Lipinski definition) is 2. The first-order valence-electron chi connectivity index (χ1n) is 7.43. The van der Waals surface area contributed by atoms with E-state index < -0.39 is 0 Å². The Morgan fingerprint density at radius 2 is 2.22 bits per heavy atom. The molecule has 2 N–H and O–H groups in total. The molecule has 0 fully saturated rings. The summed E-state index contributed by atoms with van der Waals surface area (Å²) in [5.41, 5.74) is 2.10. The molecule has 0 aliphatic heterocycles. The van der Waals surface area contributed by atoms with E-state index >= 15 is 0 Å². The predicted molar refractivity (Wildman–Crippen MR) is 84.2 cm³/mol. The molecule has 120 valence electrons. The SMILES string of the molecule is CCN(C)C(=O)Oc1ccc2c(CCc3nnn[nH]3)c[nH]c2c1. The summed E-state index contributed by atoms with van der Waals surface area (Å²) < 4.78 is 5.34. The Hall–Kier alpha value is -2.90. The van der Waals surface area contributed by atoms with Crippen molar-refractivity contribution in [1.82, 2.24) is 30.5 Å². The van der Waals surface area contributed by atoms with Gasteiger partial charge in [-0.05, 0) is 41.5 Å².